The van der Waals surface area contributed by atoms with Crippen LogP contribution in [0.15, 0.2) is 36.4 Å². The summed E-state index contributed by atoms with van der Waals surface area (Å²) in [5.41, 5.74) is 1.17. The van der Waals surface area contributed by atoms with Crippen molar-refractivity contribution < 1.29 is 28.1 Å². The molecule has 3 rings (SSSR count). The number of carbonyl (C=O) groups is 1. The fourth-order valence-corrected chi connectivity index (χ4v) is 2.95. The molecule has 1 aliphatic heterocycles. The van der Waals surface area contributed by atoms with Crippen LogP contribution in [0.2, 0.25) is 0 Å². The van der Waals surface area contributed by atoms with Gasteiger partial charge in [0.2, 0.25) is 0 Å². The van der Waals surface area contributed by atoms with Crippen LogP contribution in [0.1, 0.15) is 15.9 Å². The number of hydrogen-bond donors (Lipinski definition) is 0. The Morgan fingerprint density at radius 3 is 2.44 bits per heavy atom. The predicted octanol–water partition coefficient (Wildman–Crippen LogP) is 2.89. The molecule has 2 aromatic carbocycles. The molecule has 2 aromatic rings. The van der Waals surface area contributed by atoms with Crippen LogP contribution in [0.5, 0.6) is 17.2 Å². The first kappa shape index (κ1) is 19.0. The molecule has 0 spiro atoms. The van der Waals surface area contributed by atoms with Crippen LogP contribution in [0.4, 0.5) is 4.39 Å². The van der Waals surface area contributed by atoms with Gasteiger partial charge in [0.1, 0.15) is 0 Å². The van der Waals surface area contributed by atoms with Crippen LogP contribution in [-0.4, -0.2) is 51.3 Å². The van der Waals surface area contributed by atoms with Crippen LogP contribution in [0.3, 0.4) is 0 Å². The van der Waals surface area contributed by atoms with Crippen molar-refractivity contribution in [2.24, 2.45) is 0 Å². The smallest absolute Gasteiger partial charge is 0.257 e. The first-order valence-electron chi connectivity index (χ1n) is 8.51. The van der Waals surface area contributed by atoms with E-state index in [4.69, 9.17) is 18.9 Å². The standard InChI is InChI=1S/C20H22FNO5/c1-24-17-8-7-13(9-16(17)21)12-27-14-10-22(11-14)20(23)15-5-4-6-18(25-2)19(15)26-3/h4-9,14H,10-12H2,1-3H3. The van der Waals surface area contributed by atoms with Gasteiger partial charge in [0.05, 0.1) is 39.6 Å². The molecule has 1 saturated heterocycles. The van der Waals surface area contributed by atoms with Crippen molar-refractivity contribution in [1.29, 1.82) is 0 Å². The van der Waals surface area contributed by atoms with E-state index in [1.165, 1.54) is 27.4 Å². The van der Waals surface area contributed by atoms with Crippen molar-refractivity contribution in [2.75, 3.05) is 34.4 Å². The minimum Gasteiger partial charge on any atom is -0.494 e. The monoisotopic (exact) mass is 375 g/mol. The number of carbonyl (C=O) groups excluding carboxylic acids is 1. The van der Waals surface area contributed by atoms with Gasteiger partial charge < -0.3 is 23.8 Å². The SMILES string of the molecule is COc1ccc(COC2CN(C(=O)c3cccc(OC)c3OC)C2)cc1F. The second-order valence-corrected chi connectivity index (χ2v) is 6.15. The Balaban J connectivity index is 1.55. The predicted molar refractivity (Wildman–Crippen MR) is 97.0 cm³/mol. The molecular weight excluding hydrogens is 353 g/mol. The van der Waals surface area contributed by atoms with Gasteiger partial charge in [-0.25, -0.2) is 4.39 Å². The molecule has 0 unspecified atom stereocenters. The highest BCUT2D eigenvalue weighted by molar-refractivity contribution is 5.98. The summed E-state index contributed by atoms with van der Waals surface area (Å²) >= 11 is 0. The number of methoxy groups -OCH3 is 3. The third kappa shape index (κ3) is 3.98. The van der Waals surface area contributed by atoms with E-state index in [1.807, 2.05) is 0 Å². The molecule has 1 amide bonds. The maximum absolute atomic E-state index is 13.7. The van der Waals surface area contributed by atoms with Crippen LogP contribution < -0.4 is 14.2 Å². The molecule has 1 aliphatic rings. The van der Waals surface area contributed by atoms with Crippen LogP contribution in [0, 0.1) is 5.82 Å². The zero-order chi connectivity index (χ0) is 19.4. The van der Waals surface area contributed by atoms with Gasteiger partial charge in [0.25, 0.3) is 5.91 Å². The highest BCUT2D eigenvalue weighted by atomic mass is 19.1. The number of likely N-dealkylation sites (tertiary alicyclic amines) is 1. The highest BCUT2D eigenvalue weighted by Crippen LogP contribution is 2.32. The van der Waals surface area contributed by atoms with E-state index in [-0.39, 0.29) is 24.4 Å². The zero-order valence-electron chi connectivity index (χ0n) is 15.5. The van der Waals surface area contributed by atoms with Crippen LogP contribution in [-0.2, 0) is 11.3 Å². The number of benzene rings is 2. The minimum absolute atomic E-state index is 0.0873. The van der Waals surface area contributed by atoms with E-state index in [0.29, 0.717) is 35.7 Å². The minimum atomic E-state index is -0.422. The summed E-state index contributed by atoms with van der Waals surface area (Å²) in [6, 6.07) is 9.91. The average Bonchev–Trinajstić information content (AvgIpc) is 2.65. The van der Waals surface area contributed by atoms with Gasteiger partial charge in [-0.2, -0.15) is 0 Å². The van der Waals surface area contributed by atoms with Gasteiger partial charge in [0.15, 0.2) is 23.1 Å². The molecular formula is C20H22FNO5. The lowest BCUT2D eigenvalue weighted by Crippen LogP contribution is -2.54. The number of ether oxygens (including phenoxy) is 4. The number of nitrogens with zero attached hydrogens (tertiary/aromatic N) is 1. The molecule has 0 N–H and O–H groups in total. The van der Waals surface area contributed by atoms with E-state index < -0.39 is 5.82 Å². The number of para-hydroxylation sites is 1. The largest absolute Gasteiger partial charge is 0.494 e. The molecule has 0 saturated carbocycles. The molecule has 1 fully saturated rings. The lowest BCUT2D eigenvalue weighted by Gasteiger charge is -2.39. The van der Waals surface area contributed by atoms with E-state index in [1.54, 1.807) is 35.2 Å². The van der Waals surface area contributed by atoms with Gasteiger partial charge >= 0.3 is 0 Å². The van der Waals surface area contributed by atoms with Crippen molar-refractivity contribution in [1.82, 2.24) is 4.90 Å². The Morgan fingerprint density at radius 2 is 1.81 bits per heavy atom. The molecule has 144 valence electrons. The second kappa shape index (κ2) is 8.26. The quantitative estimate of drug-likeness (QED) is 0.745. The molecule has 0 aliphatic carbocycles. The molecule has 6 nitrogen and oxygen atoms in total. The van der Waals surface area contributed by atoms with E-state index in [0.717, 1.165) is 0 Å². The molecule has 7 heteroatoms. The fourth-order valence-electron chi connectivity index (χ4n) is 2.95. The second-order valence-electron chi connectivity index (χ2n) is 6.15. The summed E-state index contributed by atoms with van der Waals surface area (Å²) in [5.74, 6) is 0.572. The van der Waals surface area contributed by atoms with Crippen molar-refractivity contribution >= 4 is 5.91 Å². The summed E-state index contributed by atoms with van der Waals surface area (Å²) in [5, 5.41) is 0. The molecule has 0 atom stereocenters. The van der Waals surface area contributed by atoms with E-state index >= 15 is 0 Å². The van der Waals surface area contributed by atoms with Crippen molar-refractivity contribution in [2.45, 2.75) is 12.7 Å². The normalized spacial score (nSPS) is 13.9. The maximum atomic E-state index is 13.7. The molecule has 0 bridgehead atoms. The molecule has 0 aromatic heterocycles. The molecule has 27 heavy (non-hydrogen) atoms. The number of amides is 1. The van der Waals surface area contributed by atoms with Crippen molar-refractivity contribution in [3.63, 3.8) is 0 Å². The fraction of sp³-hybridized carbons (Fsp3) is 0.350. The molecule has 0 radical (unpaired) electrons. The van der Waals surface area contributed by atoms with Gasteiger partial charge in [-0.1, -0.05) is 12.1 Å². The van der Waals surface area contributed by atoms with Crippen molar-refractivity contribution in [3.8, 4) is 17.2 Å². The average molecular weight is 375 g/mol. The van der Waals surface area contributed by atoms with Gasteiger partial charge in [-0.05, 0) is 29.8 Å². The summed E-state index contributed by atoms with van der Waals surface area (Å²) < 4.78 is 34.9. The Bertz CT molecular complexity index is 820. The zero-order valence-corrected chi connectivity index (χ0v) is 15.5. The van der Waals surface area contributed by atoms with E-state index in [9.17, 15) is 9.18 Å². The Hall–Kier alpha value is -2.80. The van der Waals surface area contributed by atoms with Crippen molar-refractivity contribution in [3.05, 3.63) is 53.3 Å². The number of halogens is 1. The third-order valence-electron chi connectivity index (χ3n) is 4.47. The lowest BCUT2D eigenvalue weighted by molar-refractivity contribution is -0.0504. The summed E-state index contributed by atoms with van der Waals surface area (Å²) in [7, 11) is 4.46. The van der Waals surface area contributed by atoms with Gasteiger partial charge in [-0.15, -0.1) is 0 Å². The first-order valence-corrected chi connectivity index (χ1v) is 8.51. The molecule has 1 heterocycles. The number of rotatable bonds is 7. The third-order valence-corrected chi connectivity index (χ3v) is 4.47. The summed E-state index contributed by atoms with van der Waals surface area (Å²) in [6.07, 6.45) is -0.0873. The van der Waals surface area contributed by atoms with Gasteiger partial charge in [-0.3, -0.25) is 4.79 Å². The van der Waals surface area contributed by atoms with Crippen LogP contribution in [0.25, 0.3) is 0 Å². The topological polar surface area (TPSA) is 57.2 Å². The Morgan fingerprint density at radius 1 is 1.07 bits per heavy atom. The van der Waals surface area contributed by atoms with Gasteiger partial charge in [0, 0.05) is 13.1 Å². The Labute approximate surface area is 157 Å². The lowest BCUT2D eigenvalue weighted by atomic mass is 10.1. The summed E-state index contributed by atoms with van der Waals surface area (Å²) in [6.45, 7) is 1.21. The van der Waals surface area contributed by atoms with Crippen LogP contribution >= 0.6 is 0 Å². The summed E-state index contributed by atoms with van der Waals surface area (Å²) in [4.78, 5) is 14.4. The maximum Gasteiger partial charge on any atom is 0.257 e. The number of hydrogen-bond acceptors (Lipinski definition) is 5. The highest BCUT2D eigenvalue weighted by Gasteiger charge is 2.33. The first-order chi connectivity index (χ1) is 13.1. The Kier molecular flexibility index (Phi) is 5.81. The van der Waals surface area contributed by atoms with E-state index in [2.05, 4.69) is 0 Å².